The second-order valence-corrected chi connectivity index (χ2v) is 7.63. The molecule has 3 fully saturated rings. The first-order valence-corrected chi connectivity index (χ1v) is 9.17. The number of nitriles is 1. The third-order valence-electron chi connectivity index (χ3n) is 5.86. The average molecular weight is 289 g/mol. The molecule has 1 saturated heterocycles. The fraction of sp³-hybridized carbons (Fsp3) is 0.944. The third-order valence-corrected chi connectivity index (χ3v) is 5.86. The Morgan fingerprint density at radius 1 is 1.19 bits per heavy atom. The lowest BCUT2D eigenvalue weighted by atomic mass is 9.78. The molecule has 1 N–H and O–H groups in total. The molecule has 0 spiro atoms. The fourth-order valence-corrected chi connectivity index (χ4v) is 4.46. The minimum absolute atomic E-state index is 0.218. The van der Waals surface area contributed by atoms with Crippen molar-refractivity contribution in [1.82, 2.24) is 10.2 Å². The molecule has 1 aliphatic heterocycles. The first-order chi connectivity index (χ1) is 10.2. The van der Waals surface area contributed by atoms with Crippen molar-refractivity contribution < 1.29 is 0 Å². The largest absolute Gasteiger partial charge is 0.300 e. The van der Waals surface area contributed by atoms with Crippen LogP contribution < -0.4 is 5.32 Å². The van der Waals surface area contributed by atoms with Gasteiger partial charge in [0, 0.05) is 12.1 Å². The van der Waals surface area contributed by atoms with Gasteiger partial charge in [-0.15, -0.1) is 0 Å². The number of hydrogen-bond donors (Lipinski definition) is 1. The van der Waals surface area contributed by atoms with Gasteiger partial charge in [0.1, 0.15) is 5.54 Å². The van der Waals surface area contributed by atoms with Crippen molar-refractivity contribution in [2.24, 2.45) is 5.92 Å². The van der Waals surface area contributed by atoms with Crippen LogP contribution >= 0.6 is 0 Å². The first kappa shape index (κ1) is 15.3. The summed E-state index contributed by atoms with van der Waals surface area (Å²) in [6.07, 6.45) is 12.7. The van der Waals surface area contributed by atoms with E-state index in [0.717, 1.165) is 18.8 Å². The van der Waals surface area contributed by atoms with Gasteiger partial charge >= 0.3 is 0 Å². The molecule has 0 aromatic heterocycles. The number of nitrogens with one attached hydrogen (secondary N) is 1. The van der Waals surface area contributed by atoms with Crippen LogP contribution in [0.15, 0.2) is 0 Å². The molecular formula is C18H31N3. The van der Waals surface area contributed by atoms with Gasteiger partial charge in [-0.05, 0) is 70.4 Å². The highest BCUT2D eigenvalue weighted by Crippen LogP contribution is 2.36. The summed E-state index contributed by atoms with van der Waals surface area (Å²) in [6, 6.07) is 3.93. The van der Waals surface area contributed by atoms with Crippen LogP contribution in [0.5, 0.6) is 0 Å². The van der Waals surface area contributed by atoms with E-state index < -0.39 is 0 Å². The van der Waals surface area contributed by atoms with E-state index in [1.54, 1.807) is 0 Å². The SMILES string of the molecule is CCCC1CCN(C2CCCC(C#N)(NC3CC3)C2)CC1. The molecule has 21 heavy (non-hydrogen) atoms. The van der Waals surface area contributed by atoms with Crippen molar-refractivity contribution >= 4 is 0 Å². The van der Waals surface area contributed by atoms with Gasteiger partial charge in [0.25, 0.3) is 0 Å². The summed E-state index contributed by atoms with van der Waals surface area (Å²) in [5, 5.41) is 13.4. The molecule has 2 aliphatic carbocycles. The van der Waals surface area contributed by atoms with E-state index in [1.165, 1.54) is 64.5 Å². The number of nitrogens with zero attached hydrogens (tertiary/aromatic N) is 2. The lowest BCUT2D eigenvalue weighted by Crippen LogP contribution is -2.54. The van der Waals surface area contributed by atoms with Crippen molar-refractivity contribution in [3.05, 3.63) is 0 Å². The first-order valence-electron chi connectivity index (χ1n) is 9.17. The summed E-state index contributed by atoms with van der Waals surface area (Å²) in [6.45, 7) is 4.83. The maximum atomic E-state index is 9.72. The molecule has 3 aliphatic rings. The minimum Gasteiger partial charge on any atom is -0.300 e. The van der Waals surface area contributed by atoms with Crippen LogP contribution in [-0.4, -0.2) is 35.6 Å². The molecule has 0 radical (unpaired) electrons. The highest BCUT2D eigenvalue weighted by molar-refractivity contribution is 5.13. The molecule has 0 bridgehead atoms. The zero-order valence-electron chi connectivity index (χ0n) is 13.6. The normalized spacial score (nSPS) is 35.5. The van der Waals surface area contributed by atoms with E-state index in [9.17, 15) is 5.26 Å². The summed E-state index contributed by atoms with van der Waals surface area (Å²) in [4.78, 5) is 2.70. The molecule has 118 valence electrons. The van der Waals surface area contributed by atoms with E-state index >= 15 is 0 Å². The molecule has 0 amide bonds. The molecule has 3 rings (SSSR count). The van der Waals surface area contributed by atoms with Gasteiger partial charge in [-0.3, -0.25) is 5.32 Å². The van der Waals surface area contributed by atoms with Gasteiger partial charge in [0.05, 0.1) is 6.07 Å². The molecule has 2 unspecified atom stereocenters. The minimum atomic E-state index is -0.218. The summed E-state index contributed by atoms with van der Waals surface area (Å²) in [7, 11) is 0. The Morgan fingerprint density at radius 3 is 2.57 bits per heavy atom. The maximum Gasteiger partial charge on any atom is 0.108 e. The molecule has 0 aromatic carbocycles. The summed E-state index contributed by atoms with van der Waals surface area (Å²) >= 11 is 0. The van der Waals surface area contributed by atoms with E-state index in [0.29, 0.717) is 12.1 Å². The lowest BCUT2D eigenvalue weighted by molar-refractivity contribution is 0.0812. The predicted molar refractivity (Wildman–Crippen MR) is 86.0 cm³/mol. The Bertz CT molecular complexity index is 376. The van der Waals surface area contributed by atoms with E-state index in [4.69, 9.17) is 0 Å². The van der Waals surface area contributed by atoms with Gasteiger partial charge < -0.3 is 4.90 Å². The summed E-state index contributed by atoms with van der Waals surface area (Å²) in [5.41, 5.74) is -0.218. The Hall–Kier alpha value is -0.590. The fourth-order valence-electron chi connectivity index (χ4n) is 4.46. The topological polar surface area (TPSA) is 39.1 Å². The van der Waals surface area contributed by atoms with Gasteiger partial charge in [0.15, 0.2) is 0 Å². The smallest absolute Gasteiger partial charge is 0.108 e. The standard InChI is InChI=1S/C18H31N3/c1-2-4-15-8-11-21(12-9-15)17-5-3-10-18(13-17,14-19)20-16-6-7-16/h15-17,20H,2-13H2,1H3. The molecule has 0 aromatic rings. The van der Waals surface area contributed by atoms with Crippen LogP contribution in [0.25, 0.3) is 0 Å². The van der Waals surface area contributed by atoms with E-state index in [-0.39, 0.29) is 5.54 Å². The van der Waals surface area contributed by atoms with Crippen molar-refractivity contribution in [3.63, 3.8) is 0 Å². The lowest BCUT2D eigenvalue weighted by Gasteiger charge is -2.44. The van der Waals surface area contributed by atoms with Gasteiger partial charge in [-0.2, -0.15) is 5.26 Å². The van der Waals surface area contributed by atoms with Crippen LogP contribution in [0.3, 0.4) is 0 Å². The molecule has 2 atom stereocenters. The van der Waals surface area contributed by atoms with Crippen molar-refractivity contribution in [1.29, 1.82) is 5.26 Å². The Balaban J connectivity index is 1.55. The Kier molecular flexibility index (Phi) is 4.86. The molecule has 1 heterocycles. The van der Waals surface area contributed by atoms with Gasteiger partial charge in [0.2, 0.25) is 0 Å². The summed E-state index contributed by atoms with van der Waals surface area (Å²) < 4.78 is 0. The zero-order valence-corrected chi connectivity index (χ0v) is 13.6. The second-order valence-electron chi connectivity index (χ2n) is 7.63. The molecule has 3 nitrogen and oxygen atoms in total. The summed E-state index contributed by atoms with van der Waals surface area (Å²) in [5.74, 6) is 0.958. The molecular weight excluding hydrogens is 258 g/mol. The van der Waals surface area contributed by atoms with Crippen LogP contribution in [0, 0.1) is 17.2 Å². The number of hydrogen-bond acceptors (Lipinski definition) is 3. The number of likely N-dealkylation sites (tertiary alicyclic amines) is 1. The van der Waals surface area contributed by atoms with Gasteiger partial charge in [-0.25, -0.2) is 0 Å². The van der Waals surface area contributed by atoms with Gasteiger partial charge in [-0.1, -0.05) is 19.8 Å². The van der Waals surface area contributed by atoms with Crippen molar-refractivity contribution in [3.8, 4) is 6.07 Å². The van der Waals surface area contributed by atoms with Crippen LogP contribution in [0.4, 0.5) is 0 Å². The predicted octanol–water partition coefficient (Wildman–Crippen LogP) is 3.46. The Labute approximate surface area is 130 Å². The highest BCUT2D eigenvalue weighted by atomic mass is 15.2. The molecule has 2 saturated carbocycles. The van der Waals surface area contributed by atoms with Crippen LogP contribution in [-0.2, 0) is 0 Å². The average Bonchev–Trinajstić information content (AvgIpc) is 3.32. The molecule has 3 heteroatoms. The van der Waals surface area contributed by atoms with Crippen LogP contribution in [0.2, 0.25) is 0 Å². The highest BCUT2D eigenvalue weighted by Gasteiger charge is 2.42. The van der Waals surface area contributed by atoms with Crippen molar-refractivity contribution in [2.75, 3.05) is 13.1 Å². The number of rotatable bonds is 5. The quantitative estimate of drug-likeness (QED) is 0.842. The number of piperidine rings is 1. The second kappa shape index (κ2) is 6.67. The van der Waals surface area contributed by atoms with E-state index in [2.05, 4.69) is 23.2 Å². The van der Waals surface area contributed by atoms with Crippen LogP contribution in [0.1, 0.15) is 71.1 Å². The third kappa shape index (κ3) is 3.79. The van der Waals surface area contributed by atoms with E-state index in [1.807, 2.05) is 0 Å². The monoisotopic (exact) mass is 289 g/mol. The Morgan fingerprint density at radius 2 is 1.95 bits per heavy atom. The zero-order chi connectivity index (χ0) is 14.7. The van der Waals surface area contributed by atoms with Crippen molar-refractivity contribution in [2.45, 2.75) is 88.8 Å². The maximum absolute atomic E-state index is 9.72.